The number of carbonyl (C=O) groups excluding carboxylic acids is 1. The van der Waals surface area contributed by atoms with Crippen LogP contribution in [0.3, 0.4) is 0 Å². The summed E-state index contributed by atoms with van der Waals surface area (Å²) in [5.41, 5.74) is 1.98. The maximum absolute atomic E-state index is 12.3. The fourth-order valence-corrected chi connectivity index (χ4v) is 3.39. The molecule has 1 aliphatic rings. The van der Waals surface area contributed by atoms with E-state index in [2.05, 4.69) is 36.1 Å². The van der Waals surface area contributed by atoms with Crippen LogP contribution in [0, 0.1) is 6.92 Å². The van der Waals surface area contributed by atoms with Crippen LogP contribution >= 0.6 is 15.9 Å². The Morgan fingerprint density at radius 1 is 1.29 bits per heavy atom. The summed E-state index contributed by atoms with van der Waals surface area (Å²) in [6.07, 6.45) is 3.52. The lowest BCUT2D eigenvalue weighted by molar-refractivity contribution is -0.892. The van der Waals surface area contributed by atoms with Crippen LogP contribution in [0.1, 0.15) is 5.56 Å². The van der Waals surface area contributed by atoms with Gasteiger partial charge >= 0.3 is 0 Å². The summed E-state index contributed by atoms with van der Waals surface area (Å²) in [5, 5.41) is 2.98. The van der Waals surface area contributed by atoms with Crippen LogP contribution in [-0.2, 0) is 4.79 Å². The molecular formula is C17H21BrN5O+. The van der Waals surface area contributed by atoms with E-state index in [0.717, 1.165) is 47.9 Å². The maximum Gasteiger partial charge on any atom is 0.279 e. The van der Waals surface area contributed by atoms with Gasteiger partial charge in [0.2, 0.25) is 5.95 Å². The molecule has 0 saturated carbocycles. The molecule has 1 amide bonds. The second-order valence-corrected chi connectivity index (χ2v) is 6.85. The Morgan fingerprint density at radius 2 is 2.00 bits per heavy atom. The van der Waals surface area contributed by atoms with Crippen molar-refractivity contribution in [3.8, 4) is 0 Å². The number of aryl methyl sites for hydroxylation is 1. The summed E-state index contributed by atoms with van der Waals surface area (Å²) in [7, 11) is 0. The number of nitrogens with zero attached hydrogens (tertiary/aromatic N) is 3. The minimum atomic E-state index is 0.0407. The van der Waals surface area contributed by atoms with Gasteiger partial charge in [0.15, 0.2) is 6.54 Å². The first-order chi connectivity index (χ1) is 11.6. The van der Waals surface area contributed by atoms with Crippen molar-refractivity contribution in [1.82, 2.24) is 9.97 Å². The average Bonchev–Trinajstić information content (AvgIpc) is 2.59. The molecule has 1 saturated heterocycles. The molecular weight excluding hydrogens is 370 g/mol. The minimum Gasteiger partial charge on any atom is -0.330 e. The zero-order valence-electron chi connectivity index (χ0n) is 13.6. The van der Waals surface area contributed by atoms with Crippen molar-refractivity contribution >= 4 is 33.5 Å². The molecule has 126 valence electrons. The van der Waals surface area contributed by atoms with E-state index in [9.17, 15) is 4.79 Å². The molecule has 0 radical (unpaired) electrons. The molecule has 24 heavy (non-hydrogen) atoms. The Labute approximate surface area is 150 Å². The highest BCUT2D eigenvalue weighted by Crippen LogP contribution is 2.23. The molecule has 0 unspecified atom stereocenters. The number of carbonyl (C=O) groups is 1. The van der Waals surface area contributed by atoms with E-state index < -0.39 is 0 Å². The van der Waals surface area contributed by atoms with E-state index in [1.807, 2.05) is 31.2 Å². The smallest absolute Gasteiger partial charge is 0.279 e. The normalized spacial score (nSPS) is 15.3. The Kier molecular flexibility index (Phi) is 5.42. The topological polar surface area (TPSA) is 62.6 Å². The molecule has 0 atom stereocenters. The molecule has 6 nitrogen and oxygen atoms in total. The van der Waals surface area contributed by atoms with E-state index in [1.165, 1.54) is 4.90 Å². The largest absolute Gasteiger partial charge is 0.330 e. The highest BCUT2D eigenvalue weighted by Gasteiger charge is 2.23. The molecule has 0 spiro atoms. The third-order valence-corrected chi connectivity index (χ3v) is 4.77. The number of nitrogens with one attached hydrogen (secondary N) is 2. The van der Waals surface area contributed by atoms with E-state index in [4.69, 9.17) is 0 Å². The summed E-state index contributed by atoms with van der Waals surface area (Å²) in [6.45, 7) is 6.03. The van der Waals surface area contributed by atoms with Crippen LogP contribution in [0.15, 0.2) is 41.1 Å². The van der Waals surface area contributed by atoms with Crippen LogP contribution < -0.4 is 15.1 Å². The van der Waals surface area contributed by atoms with Crippen molar-refractivity contribution in [2.75, 3.05) is 42.9 Å². The first kappa shape index (κ1) is 16.9. The third kappa shape index (κ3) is 4.30. The van der Waals surface area contributed by atoms with Crippen molar-refractivity contribution in [3.05, 3.63) is 46.7 Å². The van der Waals surface area contributed by atoms with Crippen LogP contribution in [0.25, 0.3) is 0 Å². The van der Waals surface area contributed by atoms with Crippen LogP contribution in [0.5, 0.6) is 0 Å². The predicted octanol–water partition coefficient (Wildman–Crippen LogP) is 0.891. The van der Waals surface area contributed by atoms with Gasteiger partial charge in [-0.25, -0.2) is 9.97 Å². The van der Waals surface area contributed by atoms with Crippen molar-refractivity contribution < 1.29 is 9.69 Å². The lowest BCUT2D eigenvalue weighted by atomic mass is 10.2. The van der Waals surface area contributed by atoms with Crippen LogP contribution in [0.2, 0.25) is 0 Å². The molecule has 0 bridgehead atoms. The van der Waals surface area contributed by atoms with Gasteiger partial charge in [-0.2, -0.15) is 0 Å². The standard InChI is InChI=1S/C17H20BrN5O/c1-13-3-4-15(14(18)11-13)21-16(24)12-22-7-9-23(10-8-22)17-19-5-2-6-20-17/h2-6,11H,7-10,12H2,1H3,(H,21,24)/p+1. The Hall–Kier alpha value is -1.99. The summed E-state index contributed by atoms with van der Waals surface area (Å²) < 4.78 is 0.914. The van der Waals surface area contributed by atoms with Gasteiger partial charge in [0.1, 0.15) is 0 Å². The molecule has 7 heteroatoms. The number of hydrogen-bond acceptors (Lipinski definition) is 4. The number of quaternary nitrogens is 1. The van der Waals surface area contributed by atoms with Gasteiger partial charge < -0.3 is 15.1 Å². The van der Waals surface area contributed by atoms with Gasteiger partial charge in [0, 0.05) is 16.9 Å². The molecule has 1 aliphatic heterocycles. The zero-order valence-corrected chi connectivity index (χ0v) is 15.2. The van der Waals surface area contributed by atoms with Crippen molar-refractivity contribution in [1.29, 1.82) is 0 Å². The Bertz CT molecular complexity index is 701. The molecule has 2 aromatic rings. The second-order valence-electron chi connectivity index (χ2n) is 5.99. The van der Waals surface area contributed by atoms with E-state index in [-0.39, 0.29) is 5.91 Å². The molecule has 1 fully saturated rings. The Balaban J connectivity index is 1.50. The first-order valence-corrected chi connectivity index (χ1v) is 8.82. The van der Waals surface area contributed by atoms with Crippen LogP contribution in [-0.4, -0.2) is 48.6 Å². The summed E-state index contributed by atoms with van der Waals surface area (Å²) in [4.78, 5) is 24.3. The number of piperazine rings is 1. The molecule has 2 N–H and O–H groups in total. The van der Waals surface area contributed by atoms with Gasteiger partial charge in [-0.3, -0.25) is 4.79 Å². The highest BCUT2D eigenvalue weighted by atomic mass is 79.9. The van der Waals surface area contributed by atoms with E-state index in [1.54, 1.807) is 12.4 Å². The first-order valence-electron chi connectivity index (χ1n) is 8.03. The fourth-order valence-electron chi connectivity index (χ4n) is 2.80. The minimum absolute atomic E-state index is 0.0407. The molecule has 1 aromatic carbocycles. The van der Waals surface area contributed by atoms with Gasteiger partial charge in [-0.1, -0.05) is 6.07 Å². The Morgan fingerprint density at radius 3 is 2.67 bits per heavy atom. The number of aromatic nitrogens is 2. The molecule has 2 heterocycles. The van der Waals surface area contributed by atoms with E-state index >= 15 is 0 Å². The maximum atomic E-state index is 12.3. The summed E-state index contributed by atoms with van der Waals surface area (Å²) in [6, 6.07) is 7.74. The van der Waals surface area contributed by atoms with E-state index in [0.29, 0.717) is 6.54 Å². The van der Waals surface area contributed by atoms with Gasteiger partial charge in [-0.15, -0.1) is 0 Å². The molecule has 3 rings (SSSR count). The fraction of sp³-hybridized carbons (Fsp3) is 0.353. The third-order valence-electron chi connectivity index (χ3n) is 4.11. The lowest BCUT2D eigenvalue weighted by Crippen LogP contribution is -3.15. The van der Waals surface area contributed by atoms with Crippen LogP contribution in [0.4, 0.5) is 11.6 Å². The summed E-state index contributed by atoms with van der Waals surface area (Å²) in [5.74, 6) is 0.809. The number of amides is 1. The van der Waals surface area contributed by atoms with Gasteiger partial charge in [0.05, 0.1) is 31.9 Å². The van der Waals surface area contributed by atoms with Crippen molar-refractivity contribution in [2.45, 2.75) is 6.92 Å². The second kappa shape index (κ2) is 7.72. The average molecular weight is 391 g/mol. The zero-order chi connectivity index (χ0) is 16.9. The highest BCUT2D eigenvalue weighted by molar-refractivity contribution is 9.10. The number of anilines is 2. The SMILES string of the molecule is Cc1ccc(NC(=O)C[NH+]2CCN(c3ncccn3)CC2)c(Br)c1. The quantitative estimate of drug-likeness (QED) is 0.813. The number of rotatable bonds is 4. The number of benzene rings is 1. The number of hydrogen-bond donors (Lipinski definition) is 2. The van der Waals surface area contributed by atoms with Crippen molar-refractivity contribution in [2.24, 2.45) is 0 Å². The molecule has 1 aromatic heterocycles. The summed E-state index contributed by atoms with van der Waals surface area (Å²) >= 11 is 3.49. The van der Waals surface area contributed by atoms with Gasteiger partial charge in [0.25, 0.3) is 5.91 Å². The van der Waals surface area contributed by atoms with Gasteiger partial charge in [-0.05, 0) is 46.6 Å². The monoisotopic (exact) mass is 390 g/mol. The molecule has 0 aliphatic carbocycles. The predicted molar refractivity (Wildman–Crippen MR) is 97.3 cm³/mol. The lowest BCUT2D eigenvalue weighted by Gasteiger charge is -2.31. The van der Waals surface area contributed by atoms with Crippen molar-refractivity contribution in [3.63, 3.8) is 0 Å². The number of halogens is 1.